The van der Waals surface area contributed by atoms with Crippen LogP contribution in [0.4, 0.5) is 0 Å². The summed E-state index contributed by atoms with van der Waals surface area (Å²) in [4.78, 5) is 4.37. The van der Waals surface area contributed by atoms with E-state index in [9.17, 15) is 0 Å². The number of hydrogen-bond acceptors (Lipinski definition) is 5. The van der Waals surface area contributed by atoms with E-state index < -0.39 is 0 Å². The number of ether oxygens (including phenoxy) is 2. The molecule has 0 aromatic carbocycles. The Morgan fingerprint density at radius 2 is 2.24 bits per heavy atom. The lowest BCUT2D eigenvalue weighted by molar-refractivity contribution is -0.0421. The first kappa shape index (κ1) is 12.4. The van der Waals surface area contributed by atoms with Gasteiger partial charge in [0.05, 0.1) is 18.8 Å². The lowest BCUT2D eigenvalue weighted by Crippen LogP contribution is -2.08. The molecule has 0 unspecified atom stereocenters. The molecular weight excluding hydrogens is 236 g/mol. The molecule has 1 aliphatic rings. The number of nitrogens with zero attached hydrogens (tertiary/aromatic N) is 2. The molecule has 1 aromatic rings. The molecule has 0 atom stereocenters. The second-order valence-electron chi connectivity index (χ2n) is 3.73. The molecule has 0 N–H and O–H groups in total. The average molecular weight is 250 g/mol. The van der Waals surface area contributed by atoms with Crippen molar-refractivity contribution in [2.24, 2.45) is 0 Å². The first-order valence-corrected chi connectivity index (χ1v) is 6.52. The molecular formula is C12H14N2O2S. The first-order chi connectivity index (χ1) is 8.29. The molecule has 1 saturated heterocycles. The normalized spacial score (nSPS) is 16.0. The number of hydrogen-bond donors (Lipinski definition) is 0. The number of nitriles is 1. The third kappa shape index (κ3) is 3.43. The summed E-state index contributed by atoms with van der Waals surface area (Å²) in [5.74, 6) is 0.843. The predicted molar refractivity (Wildman–Crippen MR) is 64.7 cm³/mol. The highest BCUT2D eigenvalue weighted by Gasteiger charge is 2.15. The molecule has 90 valence electrons. The number of aromatic nitrogens is 1. The second kappa shape index (κ2) is 6.01. The Morgan fingerprint density at radius 3 is 2.94 bits per heavy atom. The van der Waals surface area contributed by atoms with Crippen LogP contribution in [0.3, 0.4) is 0 Å². The van der Waals surface area contributed by atoms with Crippen LogP contribution < -0.4 is 0 Å². The average Bonchev–Trinajstić information content (AvgIpc) is 2.82. The maximum Gasteiger partial charge on any atom is 0.158 e. The topological polar surface area (TPSA) is 55.1 Å². The van der Waals surface area contributed by atoms with Gasteiger partial charge < -0.3 is 9.47 Å². The summed E-state index contributed by atoms with van der Waals surface area (Å²) >= 11 is 1.58. The van der Waals surface area contributed by atoms with Crippen LogP contribution in [0.5, 0.6) is 0 Å². The van der Waals surface area contributed by atoms with Crippen molar-refractivity contribution >= 4 is 11.8 Å². The molecule has 2 rings (SSSR count). The zero-order valence-corrected chi connectivity index (χ0v) is 10.5. The van der Waals surface area contributed by atoms with E-state index in [0.29, 0.717) is 18.8 Å². The molecule has 1 aliphatic heterocycles. The Balaban J connectivity index is 1.89. The molecule has 1 fully saturated rings. The van der Waals surface area contributed by atoms with Gasteiger partial charge in [-0.1, -0.05) is 0 Å². The Kier molecular flexibility index (Phi) is 4.37. The van der Waals surface area contributed by atoms with Gasteiger partial charge in [0.15, 0.2) is 6.29 Å². The summed E-state index contributed by atoms with van der Waals surface area (Å²) in [5.41, 5.74) is 1.56. The lowest BCUT2D eigenvalue weighted by atomic mass is 10.3. The molecule has 0 amide bonds. The minimum atomic E-state index is -0.0853. The minimum Gasteiger partial charge on any atom is -0.350 e. The molecule has 4 nitrogen and oxygen atoms in total. The number of aryl methyl sites for hydroxylation is 1. The van der Waals surface area contributed by atoms with Crippen molar-refractivity contribution in [3.05, 3.63) is 23.4 Å². The Morgan fingerprint density at radius 1 is 1.47 bits per heavy atom. The van der Waals surface area contributed by atoms with Crippen LogP contribution in [0, 0.1) is 18.3 Å². The van der Waals surface area contributed by atoms with Gasteiger partial charge in [0.25, 0.3) is 0 Å². The summed E-state index contributed by atoms with van der Waals surface area (Å²) in [5, 5.41) is 9.76. The van der Waals surface area contributed by atoms with Crippen molar-refractivity contribution in [3.63, 3.8) is 0 Å². The molecule has 5 heteroatoms. The fourth-order valence-electron chi connectivity index (χ4n) is 1.55. The van der Waals surface area contributed by atoms with Crippen LogP contribution in [0.25, 0.3) is 0 Å². The Bertz CT molecular complexity index is 425. The van der Waals surface area contributed by atoms with Gasteiger partial charge >= 0.3 is 0 Å². The SMILES string of the molecule is Cc1ccc(C#N)c(SCCC2OCCO2)n1. The fraction of sp³-hybridized carbons (Fsp3) is 0.500. The molecule has 17 heavy (non-hydrogen) atoms. The molecule has 1 aromatic heterocycles. The van der Waals surface area contributed by atoms with Gasteiger partial charge in [-0.25, -0.2) is 4.98 Å². The fourth-order valence-corrected chi connectivity index (χ4v) is 2.54. The van der Waals surface area contributed by atoms with E-state index in [1.54, 1.807) is 11.8 Å². The van der Waals surface area contributed by atoms with Gasteiger partial charge in [-0.05, 0) is 19.1 Å². The molecule has 0 spiro atoms. The van der Waals surface area contributed by atoms with E-state index in [4.69, 9.17) is 14.7 Å². The van der Waals surface area contributed by atoms with Crippen molar-refractivity contribution in [2.45, 2.75) is 24.7 Å². The zero-order chi connectivity index (χ0) is 12.1. The maximum absolute atomic E-state index is 8.97. The summed E-state index contributed by atoms with van der Waals surface area (Å²) in [7, 11) is 0. The van der Waals surface area contributed by atoms with Crippen LogP contribution in [-0.2, 0) is 9.47 Å². The minimum absolute atomic E-state index is 0.0853. The zero-order valence-electron chi connectivity index (χ0n) is 9.68. The van der Waals surface area contributed by atoms with Crippen LogP contribution in [0.2, 0.25) is 0 Å². The van der Waals surface area contributed by atoms with Gasteiger partial charge in [-0.3, -0.25) is 0 Å². The van der Waals surface area contributed by atoms with E-state index in [1.165, 1.54) is 0 Å². The van der Waals surface area contributed by atoms with Gasteiger partial charge in [0.2, 0.25) is 0 Å². The summed E-state index contributed by atoms with van der Waals surface area (Å²) in [6.07, 6.45) is 0.739. The number of rotatable bonds is 4. The summed E-state index contributed by atoms with van der Waals surface area (Å²) in [6.45, 7) is 3.29. The monoisotopic (exact) mass is 250 g/mol. The largest absolute Gasteiger partial charge is 0.350 e. The first-order valence-electron chi connectivity index (χ1n) is 5.53. The predicted octanol–water partition coefficient (Wildman–Crippen LogP) is 2.12. The molecule has 0 bridgehead atoms. The third-order valence-electron chi connectivity index (χ3n) is 2.40. The smallest absolute Gasteiger partial charge is 0.158 e. The standard InChI is InChI=1S/C12H14N2O2S/c1-9-2-3-10(8-13)12(14-9)17-7-4-11-15-5-6-16-11/h2-3,11H,4-7H2,1H3. The van der Waals surface area contributed by atoms with E-state index in [1.807, 2.05) is 19.1 Å². The van der Waals surface area contributed by atoms with Gasteiger partial charge in [0, 0.05) is 17.9 Å². The van der Waals surface area contributed by atoms with Crippen molar-refractivity contribution in [1.29, 1.82) is 5.26 Å². The van der Waals surface area contributed by atoms with E-state index in [-0.39, 0.29) is 6.29 Å². The Hall–Kier alpha value is -1.09. The third-order valence-corrected chi connectivity index (χ3v) is 3.43. The molecule has 2 heterocycles. The van der Waals surface area contributed by atoms with Gasteiger partial charge in [-0.2, -0.15) is 5.26 Å². The van der Waals surface area contributed by atoms with Crippen molar-refractivity contribution in [1.82, 2.24) is 4.98 Å². The highest BCUT2D eigenvalue weighted by Crippen LogP contribution is 2.22. The van der Waals surface area contributed by atoms with E-state index in [2.05, 4.69) is 11.1 Å². The maximum atomic E-state index is 8.97. The summed E-state index contributed by atoms with van der Waals surface area (Å²) in [6, 6.07) is 5.82. The molecule has 0 aliphatic carbocycles. The van der Waals surface area contributed by atoms with Gasteiger partial charge in [-0.15, -0.1) is 11.8 Å². The summed E-state index contributed by atoms with van der Waals surface area (Å²) < 4.78 is 10.7. The van der Waals surface area contributed by atoms with E-state index >= 15 is 0 Å². The van der Waals surface area contributed by atoms with Crippen LogP contribution >= 0.6 is 11.8 Å². The molecule has 0 radical (unpaired) electrons. The van der Waals surface area contributed by atoms with Crippen LogP contribution in [0.15, 0.2) is 17.2 Å². The van der Waals surface area contributed by atoms with E-state index in [0.717, 1.165) is 22.9 Å². The van der Waals surface area contributed by atoms with Crippen LogP contribution in [-0.4, -0.2) is 30.2 Å². The number of thioether (sulfide) groups is 1. The van der Waals surface area contributed by atoms with Crippen molar-refractivity contribution in [3.8, 4) is 6.07 Å². The second-order valence-corrected chi connectivity index (χ2v) is 4.81. The van der Waals surface area contributed by atoms with Crippen molar-refractivity contribution in [2.75, 3.05) is 19.0 Å². The van der Waals surface area contributed by atoms with Crippen LogP contribution in [0.1, 0.15) is 17.7 Å². The van der Waals surface area contributed by atoms with Crippen molar-refractivity contribution < 1.29 is 9.47 Å². The number of pyridine rings is 1. The molecule has 0 saturated carbocycles. The van der Waals surface area contributed by atoms with Gasteiger partial charge in [0.1, 0.15) is 11.1 Å². The quantitative estimate of drug-likeness (QED) is 0.766. The highest BCUT2D eigenvalue weighted by molar-refractivity contribution is 7.99. The highest BCUT2D eigenvalue weighted by atomic mass is 32.2. The Labute approximate surface area is 105 Å². The lowest BCUT2D eigenvalue weighted by Gasteiger charge is -2.08.